The summed E-state index contributed by atoms with van der Waals surface area (Å²) in [5, 5.41) is 0. The summed E-state index contributed by atoms with van der Waals surface area (Å²) in [4.78, 5) is 12.1. The molecule has 2 nitrogen and oxygen atoms in total. The number of benzene rings is 2. The third-order valence-electron chi connectivity index (χ3n) is 3.18. The highest BCUT2D eigenvalue weighted by molar-refractivity contribution is 9.10. The standard InChI is InChI=1S/C17H17BrO2/c1-3-13-4-6-14(7-5-13)16(19)11-20-17-9-8-15(18)10-12(17)2/h4-10H,3,11H2,1-2H3. The predicted molar refractivity (Wildman–Crippen MR) is 84.5 cm³/mol. The first-order valence-corrected chi connectivity index (χ1v) is 7.40. The second kappa shape index (κ2) is 6.71. The minimum Gasteiger partial charge on any atom is -0.485 e. The van der Waals surface area contributed by atoms with E-state index in [1.165, 1.54) is 5.56 Å². The summed E-state index contributed by atoms with van der Waals surface area (Å²) in [5.74, 6) is 0.738. The van der Waals surface area contributed by atoms with Gasteiger partial charge in [-0.15, -0.1) is 0 Å². The van der Waals surface area contributed by atoms with Gasteiger partial charge < -0.3 is 4.74 Å². The topological polar surface area (TPSA) is 26.3 Å². The average Bonchev–Trinajstić information content (AvgIpc) is 2.46. The van der Waals surface area contributed by atoms with Gasteiger partial charge in [0.05, 0.1) is 0 Å². The lowest BCUT2D eigenvalue weighted by molar-refractivity contribution is 0.0921. The fourth-order valence-electron chi connectivity index (χ4n) is 1.93. The number of aryl methyl sites for hydroxylation is 2. The highest BCUT2D eigenvalue weighted by atomic mass is 79.9. The molecule has 0 radical (unpaired) electrons. The second-order valence-electron chi connectivity index (χ2n) is 4.67. The first-order valence-electron chi connectivity index (χ1n) is 6.61. The number of carbonyl (C=O) groups is 1. The van der Waals surface area contributed by atoms with Gasteiger partial charge in [-0.2, -0.15) is 0 Å². The first-order chi connectivity index (χ1) is 9.60. The zero-order valence-electron chi connectivity index (χ0n) is 11.7. The van der Waals surface area contributed by atoms with Crippen molar-refractivity contribution in [1.29, 1.82) is 0 Å². The molecule has 0 aromatic heterocycles. The highest BCUT2D eigenvalue weighted by Crippen LogP contribution is 2.22. The lowest BCUT2D eigenvalue weighted by Crippen LogP contribution is -2.12. The van der Waals surface area contributed by atoms with Gasteiger partial charge in [0.15, 0.2) is 12.4 Å². The number of Topliss-reactive ketones (excluding diaryl/α,β-unsaturated/α-hetero) is 1. The van der Waals surface area contributed by atoms with Crippen LogP contribution in [0.15, 0.2) is 46.9 Å². The van der Waals surface area contributed by atoms with Crippen molar-refractivity contribution in [3.05, 3.63) is 63.6 Å². The molecule has 0 aliphatic heterocycles. The Morgan fingerprint density at radius 2 is 1.85 bits per heavy atom. The summed E-state index contributed by atoms with van der Waals surface area (Å²) in [6, 6.07) is 13.4. The van der Waals surface area contributed by atoms with Gasteiger partial charge in [0.2, 0.25) is 0 Å². The quantitative estimate of drug-likeness (QED) is 0.749. The van der Waals surface area contributed by atoms with E-state index >= 15 is 0 Å². The molecule has 0 spiro atoms. The molecule has 0 saturated carbocycles. The number of hydrogen-bond acceptors (Lipinski definition) is 2. The van der Waals surface area contributed by atoms with E-state index in [1.54, 1.807) is 0 Å². The Balaban J connectivity index is 2.00. The van der Waals surface area contributed by atoms with Crippen LogP contribution in [-0.4, -0.2) is 12.4 Å². The monoisotopic (exact) mass is 332 g/mol. The van der Waals surface area contributed by atoms with Crippen LogP contribution in [0.3, 0.4) is 0 Å². The minimum atomic E-state index is -0.00466. The van der Waals surface area contributed by atoms with E-state index in [1.807, 2.05) is 49.4 Å². The van der Waals surface area contributed by atoms with E-state index in [0.717, 1.165) is 22.2 Å². The SMILES string of the molecule is CCc1ccc(C(=O)COc2ccc(Br)cc2C)cc1. The summed E-state index contributed by atoms with van der Waals surface area (Å²) in [5.41, 5.74) is 2.93. The van der Waals surface area contributed by atoms with Crippen LogP contribution in [-0.2, 0) is 6.42 Å². The van der Waals surface area contributed by atoms with Crippen LogP contribution in [0.2, 0.25) is 0 Å². The Hall–Kier alpha value is -1.61. The van der Waals surface area contributed by atoms with E-state index in [0.29, 0.717) is 5.56 Å². The summed E-state index contributed by atoms with van der Waals surface area (Å²) in [6.45, 7) is 4.12. The fourth-order valence-corrected chi connectivity index (χ4v) is 2.40. The molecule has 0 fully saturated rings. The molecule has 20 heavy (non-hydrogen) atoms. The summed E-state index contributed by atoms with van der Waals surface area (Å²) in [7, 11) is 0. The Morgan fingerprint density at radius 3 is 2.45 bits per heavy atom. The van der Waals surface area contributed by atoms with Crippen molar-refractivity contribution >= 4 is 21.7 Å². The minimum absolute atomic E-state index is 0.00466. The average molecular weight is 333 g/mol. The molecule has 0 heterocycles. The molecular formula is C17H17BrO2. The maximum Gasteiger partial charge on any atom is 0.200 e. The van der Waals surface area contributed by atoms with Crippen molar-refractivity contribution in [2.45, 2.75) is 20.3 Å². The largest absolute Gasteiger partial charge is 0.485 e. The van der Waals surface area contributed by atoms with Crippen LogP contribution in [0.1, 0.15) is 28.4 Å². The van der Waals surface area contributed by atoms with Crippen LogP contribution >= 0.6 is 15.9 Å². The van der Waals surface area contributed by atoms with Gasteiger partial charge in [0, 0.05) is 10.0 Å². The van der Waals surface area contributed by atoms with Crippen LogP contribution < -0.4 is 4.74 Å². The summed E-state index contributed by atoms with van der Waals surface area (Å²) in [6.07, 6.45) is 0.975. The molecule has 104 valence electrons. The molecule has 0 aliphatic carbocycles. The summed E-state index contributed by atoms with van der Waals surface area (Å²) >= 11 is 3.40. The van der Waals surface area contributed by atoms with Crippen molar-refractivity contribution in [3.8, 4) is 5.75 Å². The van der Waals surface area contributed by atoms with E-state index < -0.39 is 0 Å². The molecule has 0 unspecified atom stereocenters. The Kier molecular flexibility index (Phi) is 4.96. The number of rotatable bonds is 5. The third kappa shape index (κ3) is 3.70. The Bertz CT molecular complexity index is 603. The first kappa shape index (κ1) is 14.8. The number of carbonyl (C=O) groups excluding carboxylic acids is 1. The zero-order valence-corrected chi connectivity index (χ0v) is 13.2. The van der Waals surface area contributed by atoms with Gasteiger partial charge >= 0.3 is 0 Å². The lowest BCUT2D eigenvalue weighted by atomic mass is 10.1. The number of hydrogen-bond donors (Lipinski definition) is 0. The molecule has 2 aromatic carbocycles. The smallest absolute Gasteiger partial charge is 0.200 e. The fraction of sp³-hybridized carbons (Fsp3) is 0.235. The van der Waals surface area contributed by atoms with E-state index in [4.69, 9.17) is 4.74 Å². The molecule has 0 saturated heterocycles. The molecule has 3 heteroatoms. The van der Waals surface area contributed by atoms with Gasteiger partial charge in [-0.25, -0.2) is 0 Å². The normalized spacial score (nSPS) is 10.3. The highest BCUT2D eigenvalue weighted by Gasteiger charge is 2.08. The molecule has 0 bridgehead atoms. The van der Waals surface area contributed by atoms with Crippen molar-refractivity contribution in [1.82, 2.24) is 0 Å². The third-order valence-corrected chi connectivity index (χ3v) is 3.67. The molecule has 2 aromatic rings. The number of ketones is 1. The van der Waals surface area contributed by atoms with Crippen LogP contribution in [0.5, 0.6) is 5.75 Å². The predicted octanol–water partition coefficient (Wildman–Crippen LogP) is 4.58. The van der Waals surface area contributed by atoms with E-state index in [2.05, 4.69) is 22.9 Å². The van der Waals surface area contributed by atoms with Crippen LogP contribution in [0, 0.1) is 6.92 Å². The van der Waals surface area contributed by atoms with Crippen LogP contribution in [0.4, 0.5) is 0 Å². The van der Waals surface area contributed by atoms with Crippen molar-refractivity contribution in [2.75, 3.05) is 6.61 Å². The molecule has 0 N–H and O–H groups in total. The molecule has 0 atom stereocenters. The molecule has 0 amide bonds. The second-order valence-corrected chi connectivity index (χ2v) is 5.59. The van der Waals surface area contributed by atoms with Gasteiger partial charge in [0.1, 0.15) is 5.75 Å². The van der Waals surface area contributed by atoms with Gasteiger partial charge in [0.25, 0.3) is 0 Å². The molecule has 0 aliphatic rings. The van der Waals surface area contributed by atoms with Gasteiger partial charge in [-0.3, -0.25) is 4.79 Å². The number of ether oxygens (including phenoxy) is 1. The summed E-state index contributed by atoms with van der Waals surface area (Å²) < 4.78 is 6.60. The van der Waals surface area contributed by atoms with Crippen molar-refractivity contribution < 1.29 is 9.53 Å². The van der Waals surface area contributed by atoms with E-state index in [-0.39, 0.29) is 12.4 Å². The molecular weight excluding hydrogens is 316 g/mol. The lowest BCUT2D eigenvalue weighted by Gasteiger charge is -2.09. The number of halogens is 1. The zero-order chi connectivity index (χ0) is 14.5. The maximum atomic E-state index is 12.1. The van der Waals surface area contributed by atoms with E-state index in [9.17, 15) is 4.79 Å². The Labute approximate surface area is 127 Å². The maximum absolute atomic E-state index is 12.1. The van der Waals surface area contributed by atoms with Crippen molar-refractivity contribution in [2.24, 2.45) is 0 Å². The molecule has 2 rings (SSSR count). The van der Waals surface area contributed by atoms with Crippen molar-refractivity contribution in [3.63, 3.8) is 0 Å². The van der Waals surface area contributed by atoms with Crippen LogP contribution in [0.25, 0.3) is 0 Å². The van der Waals surface area contributed by atoms with Gasteiger partial charge in [-0.1, -0.05) is 47.1 Å². The van der Waals surface area contributed by atoms with Gasteiger partial charge in [-0.05, 0) is 42.7 Å². The Morgan fingerprint density at radius 1 is 1.15 bits per heavy atom.